The molecule has 150 valence electrons. The van der Waals surface area contributed by atoms with Crippen molar-refractivity contribution in [2.45, 2.75) is 97.4 Å². The summed E-state index contributed by atoms with van der Waals surface area (Å²) >= 11 is 0. The molecule has 0 aromatic carbocycles. The molecule has 26 heavy (non-hydrogen) atoms. The molecular weight excluding hydrogens is 344 g/mol. The lowest BCUT2D eigenvalue weighted by Gasteiger charge is -2.36. The van der Waals surface area contributed by atoms with Gasteiger partial charge >= 0.3 is 5.69 Å². The second kappa shape index (κ2) is 8.40. The largest absolute Gasteiger partial charge is 0.359 e. The summed E-state index contributed by atoms with van der Waals surface area (Å²) < 4.78 is 9.13. The van der Waals surface area contributed by atoms with Crippen molar-refractivity contribution in [1.82, 2.24) is 14.3 Å². The van der Waals surface area contributed by atoms with E-state index in [4.69, 9.17) is 10.5 Å². The van der Waals surface area contributed by atoms with Gasteiger partial charge in [0, 0.05) is 33.2 Å². The van der Waals surface area contributed by atoms with E-state index in [2.05, 4.69) is 45.5 Å². The van der Waals surface area contributed by atoms with Gasteiger partial charge in [0.2, 0.25) is 0 Å². The van der Waals surface area contributed by atoms with Crippen molar-refractivity contribution in [3.05, 3.63) is 16.3 Å². The molecule has 2 rings (SSSR count). The third-order valence-corrected chi connectivity index (χ3v) is 7.16. The number of hydrogen-bond acceptors (Lipinski definition) is 4. The van der Waals surface area contributed by atoms with Gasteiger partial charge in [-0.05, 0) is 37.1 Å². The minimum absolute atomic E-state index is 0.0437. The van der Waals surface area contributed by atoms with Crippen molar-refractivity contribution in [3.8, 4) is 0 Å². The number of hydrogen-bond donors (Lipinski definition) is 1. The maximum atomic E-state index is 12.9. The molecule has 7 heteroatoms. The predicted molar refractivity (Wildman–Crippen MR) is 109 cm³/mol. The minimum Gasteiger partial charge on any atom is -0.359 e. The fourth-order valence-corrected chi connectivity index (χ4v) is 4.28. The zero-order valence-corrected chi connectivity index (χ0v) is 18.5. The van der Waals surface area contributed by atoms with Crippen LogP contribution in [0.1, 0.15) is 58.2 Å². The number of rotatable bonds is 8. The Balaban J connectivity index is 2.10. The van der Waals surface area contributed by atoms with E-state index in [0.717, 1.165) is 44.1 Å². The van der Waals surface area contributed by atoms with Crippen LogP contribution < -0.4 is 11.4 Å². The molecular formula is C19H38N4O2Si. The zero-order chi connectivity index (χ0) is 19.5. The number of nitrogens with zero attached hydrogens (tertiary/aromatic N) is 3. The number of ether oxygens (including phenoxy) is 1. The summed E-state index contributed by atoms with van der Waals surface area (Å²) in [5.74, 6) is 1.07. The van der Waals surface area contributed by atoms with Crippen LogP contribution in [0.3, 0.4) is 0 Å². The molecule has 0 spiro atoms. The van der Waals surface area contributed by atoms with Gasteiger partial charge in [-0.15, -0.1) is 0 Å². The van der Waals surface area contributed by atoms with Gasteiger partial charge < -0.3 is 10.5 Å². The van der Waals surface area contributed by atoms with Crippen LogP contribution in [0.25, 0.3) is 0 Å². The summed E-state index contributed by atoms with van der Waals surface area (Å²) in [6, 6.07) is 1.41. The molecule has 0 saturated heterocycles. The fourth-order valence-electron chi connectivity index (χ4n) is 3.52. The quantitative estimate of drug-likeness (QED) is 0.552. The molecule has 1 aliphatic rings. The first-order valence-corrected chi connectivity index (χ1v) is 13.7. The molecule has 0 aliphatic heterocycles. The first-order valence-electron chi connectivity index (χ1n) is 10.0. The zero-order valence-electron chi connectivity index (χ0n) is 17.5. The molecule has 0 radical (unpaired) electrons. The molecule has 1 heterocycles. The van der Waals surface area contributed by atoms with Gasteiger partial charge in [0.05, 0.1) is 0 Å². The Morgan fingerprint density at radius 3 is 2.46 bits per heavy atom. The van der Waals surface area contributed by atoms with Crippen molar-refractivity contribution >= 4 is 8.07 Å². The molecule has 1 aromatic heterocycles. The lowest BCUT2D eigenvalue weighted by molar-refractivity contribution is 0.0748. The minimum atomic E-state index is -1.13. The maximum Gasteiger partial charge on any atom is 0.348 e. The molecule has 0 unspecified atom stereocenters. The molecule has 0 atom stereocenters. The molecule has 1 aromatic rings. The van der Waals surface area contributed by atoms with Crippen LogP contribution in [0.15, 0.2) is 4.79 Å². The summed E-state index contributed by atoms with van der Waals surface area (Å²) in [4.78, 5) is 12.9. The Bertz CT molecular complexity index is 637. The molecule has 2 N–H and O–H groups in total. The molecule has 0 amide bonds. The van der Waals surface area contributed by atoms with Gasteiger partial charge in [-0.2, -0.15) is 9.78 Å². The Morgan fingerprint density at radius 2 is 1.92 bits per heavy atom. The van der Waals surface area contributed by atoms with Crippen LogP contribution in [0.5, 0.6) is 0 Å². The summed E-state index contributed by atoms with van der Waals surface area (Å²) in [7, 11) is -1.13. The highest BCUT2D eigenvalue weighted by Gasteiger charge is 2.32. The average molecular weight is 383 g/mol. The highest BCUT2D eigenvalue weighted by molar-refractivity contribution is 6.76. The third kappa shape index (κ3) is 5.79. The van der Waals surface area contributed by atoms with Crippen molar-refractivity contribution in [2.24, 2.45) is 11.1 Å². The van der Waals surface area contributed by atoms with Gasteiger partial charge in [-0.1, -0.05) is 40.4 Å². The Labute approximate surface area is 159 Å². The van der Waals surface area contributed by atoms with E-state index >= 15 is 0 Å². The van der Waals surface area contributed by atoms with Crippen molar-refractivity contribution in [1.29, 1.82) is 0 Å². The van der Waals surface area contributed by atoms with Crippen molar-refractivity contribution in [3.63, 3.8) is 0 Å². The SMILES string of the molecule is CC(C)c1nn(COCC[Si](C)(C)C)c(=O)n1CC1(C)CCC(N)CC1. The van der Waals surface area contributed by atoms with Crippen LogP contribution in [-0.4, -0.2) is 35.1 Å². The van der Waals surface area contributed by atoms with Crippen molar-refractivity contribution < 1.29 is 4.74 Å². The van der Waals surface area contributed by atoms with Crippen LogP contribution in [0.4, 0.5) is 0 Å². The van der Waals surface area contributed by atoms with E-state index in [9.17, 15) is 4.79 Å². The Morgan fingerprint density at radius 1 is 1.31 bits per heavy atom. The summed E-state index contributed by atoms with van der Waals surface area (Å²) in [6.45, 7) is 15.1. The second-order valence-corrected chi connectivity index (χ2v) is 15.5. The number of nitrogens with two attached hydrogens (primary N) is 1. The van der Waals surface area contributed by atoms with Crippen LogP contribution in [0.2, 0.25) is 25.7 Å². The monoisotopic (exact) mass is 382 g/mol. The second-order valence-electron chi connectivity index (χ2n) is 9.88. The lowest BCUT2D eigenvalue weighted by atomic mass is 9.74. The standard InChI is InChI=1S/C19H38N4O2Si/c1-15(2)17-21-23(14-25-11-12-26(4,5)6)18(24)22(17)13-19(3)9-7-16(20)8-10-19/h15-16H,7-14,20H2,1-6H3. The van der Waals surface area contributed by atoms with E-state index in [0.29, 0.717) is 12.6 Å². The molecule has 0 bridgehead atoms. The normalized spacial score (nSPS) is 24.4. The van der Waals surface area contributed by atoms with Crippen LogP contribution in [-0.2, 0) is 18.0 Å². The fraction of sp³-hybridized carbons (Fsp3) is 0.895. The molecule has 1 saturated carbocycles. The van der Waals surface area contributed by atoms with E-state index in [1.807, 2.05) is 4.57 Å². The van der Waals surface area contributed by atoms with Gasteiger partial charge in [0.1, 0.15) is 12.6 Å². The highest BCUT2D eigenvalue weighted by atomic mass is 28.3. The summed E-state index contributed by atoms with van der Waals surface area (Å²) in [5, 5.41) is 4.58. The number of aromatic nitrogens is 3. The van der Waals surface area contributed by atoms with Crippen LogP contribution in [0, 0.1) is 5.41 Å². The third-order valence-electron chi connectivity index (χ3n) is 5.45. The summed E-state index contributed by atoms with van der Waals surface area (Å²) in [5.41, 5.74) is 6.14. The van der Waals surface area contributed by atoms with E-state index < -0.39 is 8.07 Å². The van der Waals surface area contributed by atoms with Crippen molar-refractivity contribution in [2.75, 3.05) is 6.61 Å². The smallest absolute Gasteiger partial charge is 0.348 e. The van der Waals surface area contributed by atoms with Gasteiger partial charge in [-0.25, -0.2) is 4.79 Å². The van der Waals surface area contributed by atoms with Gasteiger partial charge in [0.15, 0.2) is 0 Å². The van der Waals surface area contributed by atoms with Crippen LogP contribution >= 0.6 is 0 Å². The molecule has 6 nitrogen and oxygen atoms in total. The molecule has 1 aliphatic carbocycles. The van der Waals surface area contributed by atoms with E-state index in [1.165, 1.54) is 4.68 Å². The summed E-state index contributed by atoms with van der Waals surface area (Å²) in [6.07, 6.45) is 4.21. The Hall–Kier alpha value is -0.923. The first kappa shape index (κ1) is 21.4. The average Bonchev–Trinajstić information content (AvgIpc) is 2.83. The molecule has 1 fully saturated rings. The first-order chi connectivity index (χ1) is 12.0. The topological polar surface area (TPSA) is 75.1 Å². The van der Waals surface area contributed by atoms with E-state index in [1.54, 1.807) is 0 Å². The Kier molecular flexibility index (Phi) is 6.90. The van der Waals surface area contributed by atoms with Gasteiger partial charge in [-0.3, -0.25) is 4.57 Å². The lowest BCUT2D eigenvalue weighted by Crippen LogP contribution is -2.38. The maximum absolute atomic E-state index is 12.9. The van der Waals surface area contributed by atoms with Gasteiger partial charge in [0.25, 0.3) is 0 Å². The van der Waals surface area contributed by atoms with E-state index in [-0.39, 0.29) is 23.8 Å². The highest BCUT2D eigenvalue weighted by Crippen LogP contribution is 2.37. The predicted octanol–water partition coefficient (Wildman–Crippen LogP) is 3.39.